The van der Waals surface area contributed by atoms with Gasteiger partial charge in [-0.05, 0) is 86.3 Å². The molecule has 1 heterocycles. The van der Waals surface area contributed by atoms with Gasteiger partial charge >= 0.3 is 0 Å². The first-order chi connectivity index (χ1) is 25.8. The largest absolute Gasteiger partial charge is 0.455 e. The lowest BCUT2D eigenvalue weighted by molar-refractivity contribution is 0.670. The van der Waals surface area contributed by atoms with E-state index in [-0.39, 0.29) is 0 Å². The highest BCUT2D eigenvalue weighted by Crippen LogP contribution is 2.47. The summed E-state index contributed by atoms with van der Waals surface area (Å²) in [6.45, 7) is 0. The number of benzene rings is 9. The molecule has 0 aliphatic carbocycles. The minimum atomic E-state index is 0.893. The molecule has 9 aromatic carbocycles. The standard InChI is InChI=1S/C50H33NO/c1-2-13-34(14-3-1)35-25-29-39(30-26-35)51(40-31-27-37(28-32-40)42-22-12-17-36-15-4-6-18-41(36)42)47-23-10-8-21-45(47)49-43-19-7-5-16-38(43)33-46-44-20-9-11-24-48(44)52-50(46)49/h1-33H. The van der Waals surface area contributed by atoms with Crippen molar-refractivity contribution in [3.05, 3.63) is 200 Å². The zero-order valence-electron chi connectivity index (χ0n) is 28.4. The summed E-state index contributed by atoms with van der Waals surface area (Å²) in [6.07, 6.45) is 0. The first-order valence-electron chi connectivity index (χ1n) is 17.8. The predicted octanol–water partition coefficient (Wildman–Crippen LogP) is 14.4. The van der Waals surface area contributed by atoms with Crippen molar-refractivity contribution < 1.29 is 4.42 Å². The third-order valence-electron chi connectivity index (χ3n) is 10.3. The third-order valence-corrected chi connectivity index (χ3v) is 10.3. The molecule has 0 aliphatic heterocycles. The van der Waals surface area contributed by atoms with Gasteiger partial charge in [-0.15, -0.1) is 0 Å². The smallest absolute Gasteiger partial charge is 0.143 e. The van der Waals surface area contributed by atoms with Gasteiger partial charge in [0.25, 0.3) is 0 Å². The third kappa shape index (κ3) is 5.04. The van der Waals surface area contributed by atoms with E-state index in [0.717, 1.165) is 55.5 Å². The van der Waals surface area contributed by atoms with Crippen molar-refractivity contribution >= 4 is 60.5 Å². The van der Waals surface area contributed by atoms with Gasteiger partial charge in [-0.3, -0.25) is 0 Å². The Morgan fingerprint density at radius 1 is 0.346 bits per heavy atom. The van der Waals surface area contributed by atoms with Gasteiger partial charge in [0.05, 0.1) is 5.69 Å². The Morgan fingerprint density at radius 2 is 0.904 bits per heavy atom. The topological polar surface area (TPSA) is 16.4 Å². The molecule has 0 saturated heterocycles. The van der Waals surface area contributed by atoms with Gasteiger partial charge < -0.3 is 9.32 Å². The number of furan rings is 1. The van der Waals surface area contributed by atoms with Crippen molar-refractivity contribution in [1.29, 1.82) is 0 Å². The summed E-state index contributed by atoms with van der Waals surface area (Å²) in [6, 6.07) is 71.6. The van der Waals surface area contributed by atoms with E-state index >= 15 is 0 Å². The molecule has 10 aromatic rings. The first kappa shape index (κ1) is 30.0. The maximum atomic E-state index is 6.74. The normalized spacial score (nSPS) is 11.5. The molecule has 0 amide bonds. The minimum Gasteiger partial charge on any atom is -0.455 e. The molecule has 1 aromatic heterocycles. The van der Waals surface area contributed by atoms with Crippen LogP contribution in [0.25, 0.3) is 76.9 Å². The second-order valence-corrected chi connectivity index (χ2v) is 13.3. The second-order valence-electron chi connectivity index (χ2n) is 13.3. The van der Waals surface area contributed by atoms with Crippen LogP contribution in [0.4, 0.5) is 17.1 Å². The summed E-state index contributed by atoms with van der Waals surface area (Å²) in [5, 5.41) is 7.08. The number of hydrogen-bond donors (Lipinski definition) is 0. The number of nitrogens with zero attached hydrogens (tertiary/aromatic N) is 1. The van der Waals surface area contributed by atoms with Crippen molar-refractivity contribution in [2.45, 2.75) is 0 Å². The summed E-state index contributed by atoms with van der Waals surface area (Å²) in [5.41, 5.74) is 12.0. The van der Waals surface area contributed by atoms with Gasteiger partial charge in [-0.25, -0.2) is 0 Å². The van der Waals surface area contributed by atoms with Crippen molar-refractivity contribution in [2.75, 3.05) is 4.90 Å². The highest BCUT2D eigenvalue weighted by molar-refractivity contribution is 6.19. The SMILES string of the molecule is c1ccc(-c2ccc(N(c3ccc(-c4cccc5ccccc45)cc3)c3ccccc3-c3c4ccccc4cc4c3oc3ccccc34)cc2)cc1. The lowest BCUT2D eigenvalue weighted by atomic mass is 9.93. The van der Waals surface area contributed by atoms with Crippen LogP contribution in [0.2, 0.25) is 0 Å². The van der Waals surface area contributed by atoms with E-state index < -0.39 is 0 Å². The van der Waals surface area contributed by atoms with Crippen LogP contribution >= 0.6 is 0 Å². The molecule has 10 rings (SSSR count). The molecule has 0 bridgehead atoms. The Morgan fingerprint density at radius 3 is 1.69 bits per heavy atom. The molecule has 0 unspecified atom stereocenters. The van der Waals surface area contributed by atoms with Gasteiger partial charge in [0, 0.05) is 33.3 Å². The van der Waals surface area contributed by atoms with Gasteiger partial charge in [0.1, 0.15) is 11.2 Å². The highest BCUT2D eigenvalue weighted by Gasteiger charge is 2.22. The number of para-hydroxylation sites is 2. The molecular formula is C50H33NO. The maximum absolute atomic E-state index is 6.74. The van der Waals surface area contributed by atoms with Crippen LogP contribution in [-0.4, -0.2) is 0 Å². The lowest BCUT2D eigenvalue weighted by Crippen LogP contribution is -2.11. The molecule has 0 aliphatic rings. The summed E-state index contributed by atoms with van der Waals surface area (Å²) < 4.78 is 6.74. The summed E-state index contributed by atoms with van der Waals surface area (Å²) in [5.74, 6) is 0. The molecular weight excluding hydrogens is 631 g/mol. The van der Waals surface area contributed by atoms with Crippen LogP contribution in [0.3, 0.4) is 0 Å². The Hall–Kier alpha value is -6.90. The monoisotopic (exact) mass is 663 g/mol. The van der Waals surface area contributed by atoms with Gasteiger partial charge in [-0.1, -0.05) is 158 Å². The van der Waals surface area contributed by atoms with E-state index in [1.807, 2.05) is 6.07 Å². The number of anilines is 3. The highest BCUT2D eigenvalue weighted by atomic mass is 16.3. The zero-order chi connectivity index (χ0) is 34.4. The van der Waals surface area contributed by atoms with Crippen molar-refractivity contribution in [3.63, 3.8) is 0 Å². The fraction of sp³-hybridized carbons (Fsp3) is 0. The van der Waals surface area contributed by atoms with Gasteiger partial charge in [0.2, 0.25) is 0 Å². The van der Waals surface area contributed by atoms with Crippen LogP contribution in [0.1, 0.15) is 0 Å². The van der Waals surface area contributed by atoms with E-state index in [1.54, 1.807) is 0 Å². The van der Waals surface area contributed by atoms with Crippen LogP contribution in [0, 0.1) is 0 Å². The Balaban J connectivity index is 1.19. The molecule has 0 saturated carbocycles. The van der Waals surface area contributed by atoms with Crippen molar-refractivity contribution in [2.24, 2.45) is 0 Å². The molecule has 0 atom stereocenters. The molecule has 2 nitrogen and oxygen atoms in total. The fourth-order valence-electron chi connectivity index (χ4n) is 7.80. The van der Waals surface area contributed by atoms with Crippen LogP contribution in [-0.2, 0) is 0 Å². The second kappa shape index (κ2) is 12.5. The van der Waals surface area contributed by atoms with Crippen LogP contribution in [0.15, 0.2) is 205 Å². The average molecular weight is 664 g/mol. The molecule has 244 valence electrons. The Kier molecular flexibility index (Phi) is 7.18. The number of rotatable bonds is 6. The fourth-order valence-corrected chi connectivity index (χ4v) is 7.80. The Bertz CT molecular complexity index is 2880. The lowest BCUT2D eigenvalue weighted by Gasteiger charge is -2.28. The van der Waals surface area contributed by atoms with Crippen LogP contribution < -0.4 is 4.90 Å². The molecule has 0 radical (unpaired) electrons. The van der Waals surface area contributed by atoms with E-state index in [0.29, 0.717) is 0 Å². The van der Waals surface area contributed by atoms with Gasteiger partial charge in [-0.2, -0.15) is 0 Å². The molecule has 52 heavy (non-hydrogen) atoms. The van der Waals surface area contributed by atoms with Crippen molar-refractivity contribution in [3.8, 4) is 33.4 Å². The minimum absolute atomic E-state index is 0.893. The predicted molar refractivity (Wildman–Crippen MR) is 220 cm³/mol. The summed E-state index contributed by atoms with van der Waals surface area (Å²) in [4.78, 5) is 2.38. The number of fused-ring (bicyclic) bond motifs is 5. The molecule has 2 heteroatoms. The van der Waals surface area contributed by atoms with Gasteiger partial charge in [0.15, 0.2) is 0 Å². The Labute approximate surface area is 302 Å². The first-order valence-corrected chi connectivity index (χ1v) is 17.8. The van der Waals surface area contributed by atoms with Crippen molar-refractivity contribution in [1.82, 2.24) is 0 Å². The zero-order valence-corrected chi connectivity index (χ0v) is 28.4. The maximum Gasteiger partial charge on any atom is 0.143 e. The molecule has 0 fully saturated rings. The van der Waals surface area contributed by atoms with E-state index in [4.69, 9.17) is 4.42 Å². The van der Waals surface area contributed by atoms with E-state index in [2.05, 4.69) is 199 Å². The number of hydrogen-bond acceptors (Lipinski definition) is 2. The quantitative estimate of drug-likeness (QED) is 0.176. The summed E-state index contributed by atoms with van der Waals surface area (Å²) in [7, 11) is 0. The van der Waals surface area contributed by atoms with E-state index in [9.17, 15) is 0 Å². The molecule has 0 N–H and O–H groups in total. The molecule has 0 spiro atoms. The van der Waals surface area contributed by atoms with Crippen LogP contribution in [0.5, 0.6) is 0 Å². The average Bonchev–Trinajstić information content (AvgIpc) is 3.59. The van der Waals surface area contributed by atoms with E-state index in [1.165, 1.54) is 38.4 Å². The summed E-state index contributed by atoms with van der Waals surface area (Å²) >= 11 is 0.